The van der Waals surface area contributed by atoms with E-state index in [1.54, 1.807) is 60.7 Å². The molecule has 26 heavy (non-hydrogen) atoms. The summed E-state index contributed by atoms with van der Waals surface area (Å²) in [5.74, 6) is -1.60. The highest BCUT2D eigenvalue weighted by molar-refractivity contribution is 6.50. The molecule has 3 rings (SSSR count). The van der Waals surface area contributed by atoms with Crippen molar-refractivity contribution in [2.24, 2.45) is 0 Å². The van der Waals surface area contributed by atoms with E-state index in [4.69, 9.17) is 0 Å². The topological polar surface area (TPSA) is 63.2 Å². The molecule has 0 aromatic heterocycles. The summed E-state index contributed by atoms with van der Waals surface area (Å²) in [7, 11) is 0. The molecule has 0 atom stereocenters. The first-order chi connectivity index (χ1) is 12.6. The lowest BCUT2D eigenvalue weighted by molar-refractivity contribution is 0.0817. The molecule has 128 valence electrons. The zero-order valence-corrected chi connectivity index (χ0v) is 14.2. The first-order valence-electron chi connectivity index (χ1n) is 8.17. The molecule has 0 aliphatic rings. The Morgan fingerprint density at radius 3 is 1.96 bits per heavy atom. The summed E-state index contributed by atoms with van der Waals surface area (Å²) >= 11 is 0. The fraction of sp³-hybridized carbons (Fsp3) is 0.0455. The number of carbonyl (C=O) groups is 3. The molecule has 1 amide bonds. The highest BCUT2D eigenvalue weighted by Crippen LogP contribution is 2.19. The van der Waals surface area contributed by atoms with E-state index in [0.29, 0.717) is 16.8 Å². The second-order valence-electron chi connectivity index (χ2n) is 5.89. The van der Waals surface area contributed by atoms with Crippen molar-refractivity contribution < 1.29 is 14.4 Å². The van der Waals surface area contributed by atoms with E-state index in [1.807, 2.05) is 19.1 Å². The Hall–Kier alpha value is -3.53. The number of rotatable bonds is 5. The number of anilines is 1. The van der Waals surface area contributed by atoms with E-state index >= 15 is 0 Å². The molecule has 0 heterocycles. The van der Waals surface area contributed by atoms with Gasteiger partial charge in [0, 0.05) is 16.7 Å². The third-order valence-corrected chi connectivity index (χ3v) is 3.98. The molecule has 0 aliphatic carbocycles. The molecule has 0 saturated carbocycles. The van der Waals surface area contributed by atoms with Gasteiger partial charge < -0.3 is 5.32 Å². The minimum atomic E-state index is -0.656. The van der Waals surface area contributed by atoms with Crippen LogP contribution in [0.4, 0.5) is 5.69 Å². The average molecular weight is 343 g/mol. The Kier molecular flexibility index (Phi) is 5.04. The number of hydrogen-bond acceptors (Lipinski definition) is 3. The molecule has 4 nitrogen and oxygen atoms in total. The lowest BCUT2D eigenvalue weighted by Crippen LogP contribution is -2.19. The average Bonchev–Trinajstić information content (AvgIpc) is 2.68. The van der Waals surface area contributed by atoms with Gasteiger partial charge in [0.15, 0.2) is 0 Å². The van der Waals surface area contributed by atoms with Gasteiger partial charge in [-0.3, -0.25) is 14.4 Å². The molecule has 1 N–H and O–H groups in total. The lowest BCUT2D eigenvalue weighted by atomic mass is 10.00. The van der Waals surface area contributed by atoms with Gasteiger partial charge >= 0.3 is 0 Å². The third kappa shape index (κ3) is 3.75. The van der Waals surface area contributed by atoms with Crippen LogP contribution in [0.5, 0.6) is 0 Å². The maximum Gasteiger partial charge on any atom is 0.255 e. The molecule has 0 bridgehead atoms. The van der Waals surface area contributed by atoms with Crippen LogP contribution in [0, 0.1) is 6.92 Å². The Morgan fingerprint density at radius 2 is 1.27 bits per heavy atom. The molecule has 4 heteroatoms. The Bertz CT molecular complexity index is 960. The van der Waals surface area contributed by atoms with Crippen LogP contribution >= 0.6 is 0 Å². The maximum absolute atomic E-state index is 12.6. The summed E-state index contributed by atoms with van der Waals surface area (Å²) in [6.07, 6.45) is 0. The number of ketones is 2. The SMILES string of the molecule is Cc1ccc(C(=O)Nc2ccccc2C(=O)C(=O)c2ccccc2)cc1. The van der Waals surface area contributed by atoms with Crippen LogP contribution in [0.15, 0.2) is 78.9 Å². The molecule has 0 saturated heterocycles. The highest BCUT2D eigenvalue weighted by Gasteiger charge is 2.21. The lowest BCUT2D eigenvalue weighted by Gasteiger charge is -2.10. The fourth-order valence-electron chi connectivity index (χ4n) is 2.53. The number of Topliss-reactive ketones (excluding diaryl/α,β-unsaturated/α-hetero) is 2. The van der Waals surface area contributed by atoms with Crippen molar-refractivity contribution in [1.29, 1.82) is 0 Å². The molecular weight excluding hydrogens is 326 g/mol. The van der Waals surface area contributed by atoms with Gasteiger partial charge in [0.05, 0.1) is 5.69 Å². The zero-order chi connectivity index (χ0) is 18.5. The summed E-state index contributed by atoms with van der Waals surface area (Å²) in [6, 6.07) is 22.0. The number of aryl methyl sites for hydroxylation is 1. The monoisotopic (exact) mass is 343 g/mol. The molecular formula is C22H17NO3. The maximum atomic E-state index is 12.6. The van der Waals surface area contributed by atoms with Crippen LogP contribution in [0.3, 0.4) is 0 Å². The quantitative estimate of drug-likeness (QED) is 0.554. The van der Waals surface area contributed by atoms with Crippen molar-refractivity contribution in [2.75, 3.05) is 5.32 Å². The number of para-hydroxylation sites is 1. The van der Waals surface area contributed by atoms with E-state index in [9.17, 15) is 14.4 Å². The number of benzene rings is 3. The van der Waals surface area contributed by atoms with E-state index < -0.39 is 11.6 Å². The number of carbonyl (C=O) groups excluding carboxylic acids is 3. The second-order valence-corrected chi connectivity index (χ2v) is 5.89. The van der Waals surface area contributed by atoms with Crippen molar-refractivity contribution in [3.63, 3.8) is 0 Å². The molecule has 0 unspecified atom stereocenters. The van der Waals surface area contributed by atoms with E-state index in [1.165, 1.54) is 6.07 Å². The van der Waals surface area contributed by atoms with Gasteiger partial charge in [-0.25, -0.2) is 0 Å². The Labute approximate surface area is 151 Å². The molecule has 0 fully saturated rings. The van der Waals surface area contributed by atoms with Crippen LogP contribution in [-0.2, 0) is 0 Å². The van der Waals surface area contributed by atoms with Crippen molar-refractivity contribution in [2.45, 2.75) is 6.92 Å². The largest absolute Gasteiger partial charge is 0.321 e. The van der Waals surface area contributed by atoms with E-state index in [2.05, 4.69) is 5.32 Å². The molecule has 0 radical (unpaired) electrons. The van der Waals surface area contributed by atoms with Crippen LogP contribution in [0.2, 0.25) is 0 Å². The summed E-state index contributed by atoms with van der Waals surface area (Å²) in [5.41, 5.74) is 2.32. The van der Waals surface area contributed by atoms with Crippen molar-refractivity contribution in [3.8, 4) is 0 Å². The summed E-state index contributed by atoms with van der Waals surface area (Å²) < 4.78 is 0. The summed E-state index contributed by atoms with van der Waals surface area (Å²) in [5, 5.41) is 2.72. The van der Waals surface area contributed by atoms with Gasteiger partial charge in [0.1, 0.15) is 0 Å². The second kappa shape index (κ2) is 7.57. The predicted octanol–water partition coefficient (Wildman–Crippen LogP) is 4.31. The van der Waals surface area contributed by atoms with Crippen LogP contribution in [0.25, 0.3) is 0 Å². The van der Waals surface area contributed by atoms with Crippen molar-refractivity contribution >= 4 is 23.2 Å². The van der Waals surface area contributed by atoms with Gasteiger partial charge in [0.2, 0.25) is 11.6 Å². The number of amides is 1. The third-order valence-electron chi connectivity index (χ3n) is 3.98. The van der Waals surface area contributed by atoms with Gasteiger partial charge in [-0.1, -0.05) is 60.2 Å². The van der Waals surface area contributed by atoms with Crippen molar-refractivity contribution in [3.05, 3.63) is 101 Å². The summed E-state index contributed by atoms with van der Waals surface area (Å²) in [4.78, 5) is 37.5. The van der Waals surface area contributed by atoms with Gasteiger partial charge in [-0.15, -0.1) is 0 Å². The Morgan fingerprint density at radius 1 is 0.654 bits per heavy atom. The molecule has 3 aromatic carbocycles. The predicted molar refractivity (Wildman–Crippen MR) is 101 cm³/mol. The van der Waals surface area contributed by atoms with Gasteiger partial charge in [-0.2, -0.15) is 0 Å². The summed E-state index contributed by atoms with van der Waals surface area (Å²) in [6.45, 7) is 1.94. The number of nitrogens with one attached hydrogen (secondary N) is 1. The molecule has 0 aliphatic heterocycles. The minimum Gasteiger partial charge on any atom is -0.321 e. The molecule has 0 spiro atoms. The fourth-order valence-corrected chi connectivity index (χ4v) is 2.53. The normalized spacial score (nSPS) is 10.2. The number of hydrogen-bond donors (Lipinski definition) is 1. The molecule has 3 aromatic rings. The van der Waals surface area contributed by atoms with Crippen LogP contribution in [-0.4, -0.2) is 17.5 Å². The van der Waals surface area contributed by atoms with E-state index in [-0.39, 0.29) is 11.5 Å². The smallest absolute Gasteiger partial charge is 0.255 e. The first-order valence-corrected chi connectivity index (χ1v) is 8.17. The highest BCUT2D eigenvalue weighted by atomic mass is 16.2. The van der Waals surface area contributed by atoms with Gasteiger partial charge in [0.25, 0.3) is 5.91 Å². The van der Waals surface area contributed by atoms with E-state index in [0.717, 1.165) is 5.56 Å². The van der Waals surface area contributed by atoms with Crippen molar-refractivity contribution in [1.82, 2.24) is 0 Å². The van der Waals surface area contributed by atoms with Gasteiger partial charge in [-0.05, 0) is 31.2 Å². The van der Waals surface area contributed by atoms with Crippen LogP contribution in [0.1, 0.15) is 36.6 Å². The standard InChI is InChI=1S/C22H17NO3/c1-15-11-13-17(14-12-15)22(26)23-19-10-6-5-9-18(19)21(25)20(24)16-7-3-2-4-8-16/h2-14H,1H3,(H,23,26). The Balaban J connectivity index is 1.86. The minimum absolute atomic E-state index is 0.168. The zero-order valence-electron chi connectivity index (χ0n) is 14.2. The first kappa shape index (κ1) is 17.3. The van der Waals surface area contributed by atoms with Crippen LogP contribution < -0.4 is 5.32 Å².